The van der Waals surface area contributed by atoms with Crippen molar-refractivity contribution in [1.82, 2.24) is 9.97 Å². The summed E-state index contributed by atoms with van der Waals surface area (Å²) in [5.74, 6) is -0.684. The minimum Gasteiger partial charge on any atom is -0.321 e. The fourth-order valence-electron chi connectivity index (χ4n) is 1.43. The molecule has 0 radical (unpaired) electrons. The molecule has 0 saturated carbocycles. The Bertz CT molecular complexity index is 677. The van der Waals surface area contributed by atoms with Gasteiger partial charge in [0.2, 0.25) is 0 Å². The molecule has 2 rings (SSSR count). The third-order valence-electron chi connectivity index (χ3n) is 2.38. The summed E-state index contributed by atoms with van der Waals surface area (Å²) in [4.78, 5) is 28.6. The number of halogens is 3. The van der Waals surface area contributed by atoms with Crippen molar-refractivity contribution in [3.8, 4) is 0 Å². The van der Waals surface area contributed by atoms with Crippen LogP contribution in [0.4, 0.5) is 18.9 Å². The Morgan fingerprint density at radius 1 is 1.20 bits per heavy atom. The number of alkyl halides is 3. The van der Waals surface area contributed by atoms with Crippen molar-refractivity contribution in [1.29, 1.82) is 0 Å². The molecule has 0 aliphatic carbocycles. The molecule has 0 aliphatic rings. The van der Waals surface area contributed by atoms with Crippen LogP contribution >= 0.6 is 0 Å². The molecule has 1 aromatic heterocycles. The lowest BCUT2D eigenvalue weighted by Crippen LogP contribution is -2.17. The van der Waals surface area contributed by atoms with E-state index in [2.05, 4.69) is 15.3 Å². The molecule has 1 heterocycles. The van der Waals surface area contributed by atoms with E-state index in [0.29, 0.717) is 0 Å². The Labute approximate surface area is 110 Å². The van der Waals surface area contributed by atoms with Crippen molar-refractivity contribution in [2.45, 2.75) is 6.18 Å². The number of amides is 1. The van der Waals surface area contributed by atoms with Crippen molar-refractivity contribution in [3.05, 3.63) is 58.3 Å². The number of H-pyrrole nitrogens is 1. The number of carbonyl (C=O) groups is 1. The SMILES string of the molecule is O=C(Nc1ccc(C(F)(F)F)cc1)c1cc(=O)[nH]cn1. The normalized spacial score (nSPS) is 11.2. The van der Waals surface area contributed by atoms with Crippen molar-refractivity contribution in [2.75, 3.05) is 5.32 Å². The molecule has 1 amide bonds. The average Bonchev–Trinajstić information content (AvgIpc) is 2.38. The molecule has 0 aliphatic heterocycles. The van der Waals surface area contributed by atoms with Crippen LogP contribution in [0.25, 0.3) is 0 Å². The zero-order chi connectivity index (χ0) is 14.8. The van der Waals surface area contributed by atoms with E-state index in [9.17, 15) is 22.8 Å². The summed E-state index contributed by atoms with van der Waals surface area (Å²) in [7, 11) is 0. The highest BCUT2D eigenvalue weighted by atomic mass is 19.4. The summed E-state index contributed by atoms with van der Waals surface area (Å²) in [5.41, 5.74) is -1.28. The van der Waals surface area contributed by atoms with Gasteiger partial charge in [0, 0.05) is 11.8 Å². The lowest BCUT2D eigenvalue weighted by molar-refractivity contribution is -0.137. The molecule has 0 unspecified atom stereocenters. The molecule has 1 aromatic carbocycles. The largest absolute Gasteiger partial charge is 0.416 e. The van der Waals surface area contributed by atoms with Gasteiger partial charge in [-0.1, -0.05) is 0 Å². The number of anilines is 1. The van der Waals surface area contributed by atoms with Crippen LogP contribution in [0, 0.1) is 0 Å². The van der Waals surface area contributed by atoms with Gasteiger partial charge in [-0.2, -0.15) is 13.2 Å². The van der Waals surface area contributed by atoms with Gasteiger partial charge in [0.05, 0.1) is 11.9 Å². The standard InChI is InChI=1S/C12H8F3N3O2/c13-12(14,15)7-1-3-8(4-2-7)18-11(20)9-5-10(19)17-6-16-9/h1-6H,(H,18,20)(H,16,17,19). The zero-order valence-corrected chi connectivity index (χ0v) is 9.86. The van der Waals surface area contributed by atoms with Crippen LogP contribution < -0.4 is 10.9 Å². The number of hydrogen-bond donors (Lipinski definition) is 2. The number of hydrogen-bond acceptors (Lipinski definition) is 3. The summed E-state index contributed by atoms with van der Waals surface area (Å²) < 4.78 is 37.1. The first-order valence-corrected chi connectivity index (χ1v) is 5.39. The van der Waals surface area contributed by atoms with Gasteiger partial charge in [-0.25, -0.2) is 4.98 Å². The third-order valence-corrected chi connectivity index (χ3v) is 2.38. The van der Waals surface area contributed by atoms with E-state index in [1.165, 1.54) is 0 Å². The molecule has 8 heteroatoms. The monoisotopic (exact) mass is 283 g/mol. The smallest absolute Gasteiger partial charge is 0.321 e. The van der Waals surface area contributed by atoms with Crippen LogP contribution in [-0.4, -0.2) is 15.9 Å². The first kappa shape index (κ1) is 13.8. The highest BCUT2D eigenvalue weighted by molar-refractivity contribution is 6.02. The average molecular weight is 283 g/mol. The van der Waals surface area contributed by atoms with E-state index < -0.39 is 23.2 Å². The number of nitrogens with zero attached hydrogens (tertiary/aromatic N) is 1. The van der Waals surface area contributed by atoms with E-state index in [0.717, 1.165) is 36.7 Å². The van der Waals surface area contributed by atoms with E-state index in [4.69, 9.17) is 0 Å². The van der Waals surface area contributed by atoms with Crippen LogP contribution in [0.2, 0.25) is 0 Å². The minimum absolute atomic E-state index is 0.131. The number of nitrogens with one attached hydrogen (secondary N) is 2. The Hall–Kier alpha value is -2.64. The summed E-state index contributed by atoms with van der Waals surface area (Å²) in [6.07, 6.45) is -3.37. The lowest BCUT2D eigenvalue weighted by Gasteiger charge is -2.08. The molecule has 20 heavy (non-hydrogen) atoms. The lowest BCUT2D eigenvalue weighted by atomic mass is 10.2. The minimum atomic E-state index is -4.43. The van der Waals surface area contributed by atoms with Crippen LogP contribution in [0.3, 0.4) is 0 Å². The van der Waals surface area contributed by atoms with Gasteiger partial charge in [0.15, 0.2) is 0 Å². The quantitative estimate of drug-likeness (QED) is 0.885. The first-order chi connectivity index (χ1) is 9.36. The van der Waals surface area contributed by atoms with Crippen LogP contribution in [-0.2, 0) is 6.18 Å². The molecule has 0 spiro atoms. The van der Waals surface area contributed by atoms with Gasteiger partial charge in [-0.05, 0) is 24.3 Å². The molecule has 0 bridgehead atoms. The molecular formula is C12H8F3N3O2. The van der Waals surface area contributed by atoms with E-state index in [-0.39, 0.29) is 11.4 Å². The van der Waals surface area contributed by atoms with Crippen molar-refractivity contribution in [3.63, 3.8) is 0 Å². The summed E-state index contributed by atoms with van der Waals surface area (Å²) >= 11 is 0. The number of carbonyl (C=O) groups excluding carboxylic acids is 1. The maximum atomic E-state index is 12.4. The Kier molecular flexibility index (Phi) is 3.55. The zero-order valence-electron chi connectivity index (χ0n) is 9.86. The van der Waals surface area contributed by atoms with Crippen molar-refractivity contribution < 1.29 is 18.0 Å². The Morgan fingerprint density at radius 2 is 1.85 bits per heavy atom. The van der Waals surface area contributed by atoms with Gasteiger partial charge in [0.25, 0.3) is 11.5 Å². The van der Waals surface area contributed by atoms with E-state index >= 15 is 0 Å². The summed E-state index contributed by atoms with van der Waals surface area (Å²) in [5, 5.41) is 2.34. The second-order valence-corrected chi connectivity index (χ2v) is 3.83. The molecule has 0 saturated heterocycles. The van der Waals surface area contributed by atoms with Crippen LogP contribution in [0.5, 0.6) is 0 Å². The predicted molar refractivity (Wildman–Crippen MR) is 64.3 cm³/mol. The molecule has 0 fully saturated rings. The topological polar surface area (TPSA) is 74.8 Å². The fourth-order valence-corrected chi connectivity index (χ4v) is 1.43. The molecule has 0 atom stereocenters. The van der Waals surface area contributed by atoms with E-state index in [1.807, 2.05) is 0 Å². The number of rotatable bonds is 2. The number of benzene rings is 1. The molecule has 2 aromatic rings. The van der Waals surface area contributed by atoms with Crippen LogP contribution in [0.15, 0.2) is 41.5 Å². The third kappa shape index (κ3) is 3.22. The first-order valence-electron chi connectivity index (χ1n) is 5.39. The second kappa shape index (κ2) is 5.16. The number of aromatic nitrogens is 2. The summed E-state index contributed by atoms with van der Waals surface area (Å²) in [6.45, 7) is 0. The van der Waals surface area contributed by atoms with Crippen molar-refractivity contribution >= 4 is 11.6 Å². The highest BCUT2D eigenvalue weighted by Gasteiger charge is 2.29. The Morgan fingerprint density at radius 3 is 2.40 bits per heavy atom. The summed E-state index contributed by atoms with van der Waals surface area (Å²) in [6, 6.07) is 4.92. The second-order valence-electron chi connectivity index (χ2n) is 3.83. The van der Waals surface area contributed by atoms with Gasteiger partial charge in [-0.3, -0.25) is 9.59 Å². The number of aromatic amines is 1. The maximum absolute atomic E-state index is 12.4. The molecule has 5 nitrogen and oxygen atoms in total. The van der Waals surface area contributed by atoms with Crippen molar-refractivity contribution in [2.24, 2.45) is 0 Å². The maximum Gasteiger partial charge on any atom is 0.416 e. The molecule has 2 N–H and O–H groups in total. The molecular weight excluding hydrogens is 275 g/mol. The Balaban J connectivity index is 2.14. The van der Waals surface area contributed by atoms with E-state index in [1.54, 1.807) is 0 Å². The van der Waals surface area contributed by atoms with Gasteiger partial charge < -0.3 is 10.3 Å². The molecule has 104 valence electrons. The highest BCUT2D eigenvalue weighted by Crippen LogP contribution is 2.29. The van der Waals surface area contributed by atoms with Gasteiger partial charge in [0.1, 0.15) is 5.69 Å². The predicted octanol–water partition coefficient (Wildman–Crippen LogP) is 2.04. The van der Waals surface area contributed by atoms with Gasteiger partial charge in [-0.15, -0.1) is 0 Å². The van der Waals surface area contributed by atoms with Crippen LogP contribution in [0.1, 0.15) is 16.1 Å². The fraction of sp³-hybridized carbons (Fsp3) is 0.0833. The van der Waals surface area contributed by atoms with Gasteiger partial charge >= 0.3 is 6.18 Å².